The van der Waals surface area contributed by atoms with E-state index in [1.807, 2.05) is 0 Å². The van der Waals surface area contributed by atoms with Gasteiger partial charge in [-0.3, -0.25) is 4.79 Å². The summed E-state index contributed by atoms with van der Waals surface area (Å²) < 4.78 is 23.1. The van der Waals surface area contributed by atoms with Crippen molar-refractivity contribution in [1.29, 1.82) is 0 Å². The molecule has 1 aromatic rings. The topological polar surface area (TPSA) is 83.5 Å². The molecule has 6 heteroatoms. The molecule has 17 heavy (non-hydrogen) atoms. The molecule has 0 aliphatic rings. The first-order valence-electron chi connectivity index (χ1n) is 4.99. The Hall–Kier alpha value is -1.56. The van der Waals surface area contributed by atoms with Gasteiger partial charge < -0.3 is 10.4 Å². The number of nitrogens with one attached hydrogen (secondary N) is 1. The maximum atomic E-state index is 11.6. The number of aliphatic carboxylic acids is 1. The van der Waals surface area contributed by atoms with Crippen molar-refractivity contribution >= 4 is 21.5 Å². The molecule has 0 bridgehead atoms. The number of hydrogen-bond acceptors (Lipinski definition) is 4. The number of carboxylic acid groups (broad SMARTS) is 1. The summed E-state index contributed by atoms with van der Waals surface area (Å²) in [6, 6.07) is 3.31. The van der Waals surface area contributed by atoms with Gasteiger partial charge in [0.2, 0.25) is 0 Å². The standard InChI is InChI=1S/C11H15NO4S/c1-7-4-9(12-6-11(13)14)8(2)10(5-7)17(3,15)16/h4-5,12H,6H2,1-3H3,(H,13,14). The van der Waals surface area contributed by atoms with Gasteiger partial charge in [-0.1, -0.05) is 0 Å². The summed E-state index contributed by atoms with van der Waals surface area (Å²) in [4.78, 5) is 10.7. The monoisotopic (exact) mass is 257 g/mol. The van der Waals surface area contributed by atoms with Crippen molar-refractivity contribution < 1.29 is 18.3 Å². The second-order valence-corrected chi connectivity index (χ2v) is 5.94. The second kappa shape index (κ2) is 4.75. The summed E-state index contributed by atoms with van der Waals surface area (Å²) in [5.74, 6) is -0.994. The van der Waals surface area contributed by atoms with Crippen molar-refractivity contribution in [1.82, 2.24) is 0 Å². The number of rotatable bonds is 4. The second-order valence-electron chi connectivity index (χ2n) is 3.96. The van der Waals surface area contributed by atoms with Crippen LogP contribution in [0.2, 0.25) is 0 Å². The summed E-state index contributed by atoms with van der Waals surface area (Å²) in [5.41, 5.74) is 1.84. The van der Waals surface area contributed by atoms with Crippen LogP contribution in [0.15, 0.2) is 17.0 Å². The zero-order valence-corrected chi connectivity index (χ0v) is 10.8. The Morgan fingerprint density at radius 3 is 2.41 bits per heavy atom. The van der Waals surface area contributed by atoms with E-state index in [-0.39, 0.29) is 11.4 Å². The van der Waals surface area contributed by atoms with E-state index >= 15 is 0 Å². The molecule has 5 nitrogen and oxygen atoms in total. The zero-order valence-electron chi connectivity index (χ0n) is 9.94. The summed E-state index contributed by atoms with van der Waals surface area (Å²) in [7, 11) is -3.30. The van der Waals surface area contributed by atoms with Crippen LogP contribution in [-0.4, -0.2) is 32.3 Å². The first-order valence-corrected chi connectivity index (χ1v) is 6.88. The Balaban J connectivity index is 3.24. The lowest BCUT2D eigenvalue weighted by atomic mass is 10.1. The van der Waals surface area contributed by atoms with Crippen molar-refractivity contribution in [2.24, 2.45) is 0 Å². The van der Waals surface area contributed by atoms with Crippen LogP contribution in [0.4, 0.5) is 5.69 Å². The van der Waals surface area contributed by atoms with Crippen LogP contribution in [0.1, 0.15) is 11.1 Å². The fraction of sp³-hybridized carbons (Fsp3) is 0.364. The van der Waals surface area contributed by atoms with Crippen LogP contribution >= 0.6 is 0 Å². The van der Waals surface area contributed by atoms with Crippen LogP contribution in [0.3, 0.4) is 0 Å². The van der Waals surface area contributed by atoms with Gasteiger partial charge in [-0.25, -0.2) is 8.42 Å². The van der Waals surface area contributed by atoms with Gasteiger partial charge in [-0.15, -0.1) is 0 Å². The van der Waals surface area contributed by atoms with Gasteiger partial charge in [0, 0.05) is 11.9 Å². The van der Waals surface area contributed by atoms with E-state index in [1.54, 1.807) is 26.0 Å². The lowest BCUT2D eigenvalue weighted by Gasteiger charge is -2.12. The highest BCUT2D eigenvalue weighted by atomic mass is 32.2. The van der Waals surface area contributed by atoms with Crippen LogP contribution < -0.4 is 5.32 Å². The van der Waals surface area contributed by atoms with E-state index in [4.69, 9.17) is 5.11 Å². The molecular formula is C11H15NO4S. The third-order valence-electron chi connectivity index (χ3n) is 2.33. The molecule has 0 unspecified atom stereocenters. The third kappa shape index (κ3) is 3.45. The number of carboxylic acids is 1. The van der Waals surface area contributed by atoms with Crippen molar-refractivity contribution in [3.8, 4) is 0 Å². The number of sulfone groups is 1. The van der Waals surface area contributed by atoms with E-state index in [9.17, 15) is 13.2 Å². The van der Waals surface area contributed by atoms with Crippen LogP contribution in [-0.2, 0) is 14.6 Å². The molecule has 0 aromatic heterocycles. The minimum atomic E-state index is -3.30. The van der Waals surface area contributed by atoms with E-state index in [0.29, 0.717) is 11.3 Å². The van der Waals surface area contributed by atoms with Crippen molar-refractivity contribution in [2.75, 3.05) is 18.1 Å². The molecule has 1 rings (SSSR count). The van der Waals surface area contributed by atoms with Gasteiger partial charge in [-0.2, -0.15) is 0 Å². The lowest BCUT2D eigenvalue weighted by Crippen LogP contribution is -2.14. The Bertz CT molecular complexity index is 549. The molecule has 2 N–H and O–H groups in total. The lowest BCUT2D eigenvalue weighted by molar-refractivity contribution is -0.134. The van der Waals surface area contributed by atoms with Gasteiger partial charge >= 0.3 is 5.97 Å². The van der Waals surface area contributed by atoms with Crippen LogP contribution in [0, 0.1) is 13.8 Å². The highest BCUT2D eigenvalue weighted by Crippen LogP contribution is 2.25. The third-order valence-corrected chi connectivity index (χ3v) is 3.56. The highest BCUT2D eigenvalue weighted by Gasteiger charge is 2.14. The number of anilines is 1. The zero-order chi connectivity index (χ0) is 13.2. The molecule has 0 saturated carbocycles. The molecule has 0 spiro atoms. The molecule has 0 heterocycles. The van der Waals surface area contributed by atoms with Gasteiger partial charge in [0.05, 0.1) is 4.90 Å². The largest absolute Gasteiger partial charge is 0.480 e. The molecule has 0 atom stereocenters. The van der Waals surface area contributed by atoms with Crippen molar-refractivity contribution in [2.45, 2.75) is 18.7 Å². The molecule has 0 aliphatic heterocycles. The summed E-state index contributed by atoms with van der Waals surface area (Å²) in [6.07, 6.45) is 1.13. The van der Waals surface area contributed by atoms with E-state index in [2.05, 4.69) is 5.32 Å². The Morgan fingerprint density at radius 2 is 1.94 bits per heavy atom. The SMILES string of the molecule is Cc1cc(NCC(=O)O)c(C)c(S(C)(=O)=O)c1. The Labute approximate surface area is 100 Å². The minimum Gasteiger partial charge on any atom is -0.480 e. The fourth-order valence-electron chi connectivity index (χ4n) is 1.56. The van der Waals surface area contributed by atoms with Gasteiger partial charge in [-0.05, 0) is 37.1 Å². The molecule has 0 amide bonds. The van der Waals surface area contributed by atoms with E-state index in [1.165, 1.54) is 0 Å². The fourth-order valence-corrected chi connectivity index (χ4v) is 2.63. The maximum absolute atomic E-state index is 11.6. The number of aryl methyl sites for hydroxylation is 1. The predicted molar refractivity (Wildman–Crippen MR) is 65.2 cm³/mol. The number of hydrogen-bond donors (Lipinski definition) is 2. The van der Waals surface area contributed by atoms with Crippen molar-refractivity contribution in [3.05, 3.63) is 23.3 Å². The van der Waals surface area contributed by atoms with Gasteiger partial charge in [0.25, 0.3) is 0 Å². The first-order chi connectivity index (χ1) is 7.71. The first kappa shape index (κ1) is 13.5. The van der Waals surface area contributed by atoms with Crippen molar-refractivity contribution in [3.63, 3.8) is 0 Å². The predicted octanol–water partition coefficient (Wildman–Crippen LogP) is 1.20. The smallest absolute Gasteiger partial charge is 0.322 e. The van der Waals surface area contributed by atoms with Crippen LogP contribution in [0.5, 0.6) is 0 Å². The normalized spacial score (nSPS) is 11.2. The average Bonchev–Trinajstić information content (AvgIpc) is 2.17. The summed E-state index contributed by atoms with van der Waals surface area (Å²) in [5, 5.41) is 11.3. The summed E-state index contributed by atoms with van der Waals surface area (Å²) in [6.45, 7) is 3.17. The van der Waals surface area contributed by atoms with Gasteiger partial charge in [0.15, 0.2) is 9.84 Å². The molecule has 0 radical (unpaired) electrons. The van der Waals surface area contributed by atoms with E-state index < -0.39 is 15.8 Å². The minimum absolute atomic E-state index is 0.227. The van der Waals surface area contributed by atoms with Crippen LogP contribution in [0.25, 0.3) is 0 Å². The van der Waals surface area contributed by atoms with E-state index in [0.717, 1.165) is 11.8 Å². The Kier molecular flexibility index (Phi) is 3.77. The molecule has 0 saturated heterocycles. The quantitative estimate of drug-likeness (QED) is 0.847. The maximum Gasteiger partial charge on any atom is 0.322 e. The number of carbonyl (C=O) groups is 1. The molecule has 1 aromatic carbocycles. The Morgan fingerprint density at radius 1 is 1.35 bits per heavy atom. The van der Waals surface area contributed by atoms with Gasteiger partial charge in [0.1, 0.15) is 6.54 Å². The summed E-state index contributed by atoms with van der Waals surface area (Å²) >= 11 is 0. The highest BCUT2D eigenvalue weighted by molar-refractivity contribution is 7.90. The average molecular weight is 257 g/mol. The molecule has 0 aliphatic carbocycles. The number of benzene rings is 1. The molecule has 94 valence electrons. The molecular weight excluding hydrogens is 242 g/mol. The molecule has 0 fully saturated rings.